The summed E-state index contributed by atoms with van der Waals surface area (Å²) >= 11 is 7.01. The van der Waals surface area contributed by atoms with Crippen molar-refractivity contribution in [1.29, 1.82) is 0 Å². The zero-order valence-corrected chi connectivity index (χ0v) is 12.8. The Kier molecular flexibility index (Phi) is 5.56. The van der Waals surface area contributed by atoms with Crippen molar-refractivity contribution in [3.05, 3.63) is 29.5 Å². The van der Waals surface area contributed by atoms with Gasteiger partial charge >= 0.3 is 6.61 Å². The van der Waals surface area contributed by atoms with Crippen molar-refractivity contribution >= 4 is 35.0 Å². The maximum absolute atomic E-state index is 12.1. The van der Waals surface area contributed by atoms with Crippen LogP contribution in [0.15, 0.2) is 29.7 Å². The molecule has 1 amide bonds. The molecule has 0 spiro atoms. The molecule has 2 aromatic rings. The van der Waals surface area contributed by atoms with Crippen molar-refractivity contribution < 1.29 is 18.3 Å². The van der Waals surface area contributed by atoms with Crippen LogP contribution < -0.4 is 10.1 Å². The molecule has 0 aliphatic rings. The summed E-state index contributed by atoms with van der Waals surface area (Å²) in [5.74, 6) is -0.446. The van der Waals surface area contributed by atoms with E-state index in [9.17, 15) is 13.6 Å². The van der Waals surface area contributed by atoms with Crippen LogP contribution in [0.25, 0.3) is 0 Å². The van der Waals surface area contributed by atoms with Crippen LogP contribution >= 0.6 is 23.4 Å². The molecule has 0 bridgehead atoms. The monoisotopic (exact) mass is 348 g/mol. The second-order valence-corrected chi connectivity index (χ2v) is 5.80. The highest BCUT2D eigenvalue weighted by Crippen LogP contribution is 2.29. The van der Waals surface area contributed by atoms with Crippen LogP contribution in [0.1, 0.15) is 6.92 Å². The van der Waals surface area contributed by atoms with Crippen LogP contribution in [-0.2, 0) is 4.79 Å². The van der Waals surface area contributed by atoms with Crippen molar-refractivity contribution in [2.24, 2.45) is 0 Å². The molecule has 0 aliphatic carbocycles. The average Bonchev–Trinajstić information content (AvgIpc) is 2.94. The second kappa shape index (κ2) is 7.41. The lowest BCUT2D eigenvalue weighted by molar-refractivity contribution is -0.115. The zero-order valence-electron chi connectivity index (χ0n) is 11.2. The molecule has 0 saturated carbocycles. The fourth-order valence-electron chi connectivity index (χ4n) is 1.49. The lowest BCUT2D eigenvalue weighted by Gasteiger charge is -2.12. The maximum Gasteiger partial charge on any atom is 0.387 e. The van der Waals surface area contributed by atoms with E-state index in [2.05, 4.69) is 25.2 Å². The van der Waals surface area contributed by atoms with E-state index >= 15 is 0 Å². The van der Waals surface area contributed by atoms with E-state index < -0.39 is 11.9 Å². The Balaban J connectivity index is 1.97. The summed E-state index contributed by atoms with van der Waals surface area (Å²) in [6, 6.07) is 4.02. The molecule has 0 fully saturated rings. The van der Waals surface area contributed by atoms with Gasteiger partial charge < -0.3 is 10.1 Å². The van der Waals surface area contributed by atoms with Gasteiger partial charge in [0.25, 0.3) is 0 Å². The molecule has 0 radical (unpaired) electrons. The van der Waals surface area contributed by atoms with E-state index in [0.717, 1.165) is 0 Å². The van der Waals surface area contributed by atoms with Gasteiger partial charge in [0.1, 0.15) is 12.1 Å². The molecule has 0 unspecified atom stereocenters. The lowest BCUT2D eigenvalue weighted by Crippen LogP contribution is -2.22. The number of hydrogen-bond acceptors (Lipinski definition) is 5. The molecule has 22 heavy (non-hydrogen) atoms. The molecule has 0 saturated heterocycles. The van der Waals surface area contributed by atoms with Crippen molar-refractivity contribution in [3.8, 4) is 5.75 Å². The third-order valence-corrected chi connectivity index (χ3v) is 3.75. The Morgan fingerprint density at radius 1 is 1.50 bits per heavy atom. The number of halogens is 3. The topological polar surface area (TPSA) is 79.9 Å². The third-order valence-electron chi connectivity index (χ3n) is 2.47. The van der Waals surface area contributed by atoms with Crippen molar-refractivity contribution in [2.45, 2.75) is 23.9 Å². The molecule has 2 rings (SSSR count). The molecule has 1 atom stereocenters. The smallest absolute Gasteiger partial charge is 0.387 e. The zero-order chi connectivity index (χ0) is 16.1. The molecule has 1 heterocycles. The fourth-order valence-corrected chi connectivity index (χ4v) is 2.43. The second-order valence-electron chi connectivity index (χ2n) is 4.06. The minimum atomic E-state index is -2.96. The highest BCUT2D eigenvalue weighted by atomic mass is 35.5. The first-order chi connectivity index (χ1) is 10.5. The van der Waals surface area contributed by atoms with E-state index in [1.54, 1.807) is 6.92 Å². The van der Waals surface area contributed by atoms with Gasteiger partial charge in [0.2, 0.25) is 5.91 Å². The number of aromatic amines is 1. The van der Waals surface area contributed by atoms with Gasteiger partial charge in [-0.2, -0.15) is 13.9 Å². The van der Waals surface area contributed by atoms with E-state index in [4.69, 9.17) is 11.6 Å². The number of anilines is 1. The number of carbonyl (C=O) groups excluding carboxylic acids is 1. The average molecular weight is 349 g/mol. The van der Waals surface area contributed by atoms with Gasteiger partial charge in [0, 0.05) is 5.69 Å². The number of ether oxygens (including phenoxy) is 1. The van der Waals surface area contributed by atoms with Crippen LogP contribution in [0.4, 0.5) is 14.5 Å². The Bertz CT molecular complexity index is 642. The predicted molar refractivity (Wildman–Crippen MR) is 78.4 cm³/mol. The standard InChI is InChI=1S/C12H11ClF2N4O2S/c1-6(22-12-16-5-17-19-12)10(20)18-7-2-3-9(8(13)4-7)21-11(14)15/h2-6,11H,1H3,(H,18,20)(H,16,17,19)/t6-/m1/s1. The first kappa shape index (κ1) is 16.5. The van der Waals surface area contributed by atoms with Crippen LogP contribution in [0.5, 0.6) is 5.75 Å². The predicted octanol–water partition coefficient (Wildman–Crippen LogP) is 3.18. The van der Waals surface area contributed by atoms with Crippen LogP contribution in [0.2, 0.25) is 5.02 Å². The summed E-state index contributed by atoms with van der Waals surface area (Å²) in [6.07, 6.45) is 1.34. The van der Waals surface area contributed by atoms with Gasteiger partial charge in [-0.15, -0.1) is 0 Å². The summed E-state index contributed by atoms with van der Waals surface area (Å²) in [4.78, 5) is 15.9. The number of hydrogen-bond donors (Lipinski definition) is 2. The number of nitrogens with one attached hydrogen (secondary N) is 2. The molecular weight excluding hydrogens is 338 g/mol. The number of H-pyrrole nitrogens is 1. The highest BCUT2D eigenvalue weighted by molar-refractivity contribution is 8.00. The molecular formula is C12H11ClF2N4O2S. The SMILES string of the molecule is C[C@@H](Sc1ncn[nH]1)C(=O)Nc1ccc(OC(F)F)c(Cl)c1. The van der Waals surface area contributed by atoms with Gasteiger partial charge in [0.15, 0.2) is 5.16 Å². The summed E-state index contributed by atoms with van der Waals surface area (Å²) in [5.41, 5.74) is 0.377. The molecule has 0 aliphatic heterocycles. The highest BCUT2D eigenvalue weighted by Gasteiger charge is 2.17. The Morgan fingerprint density at radius 2 is 2.27 bits per heavy atom. The van der Waals surface area contributed by atoms with Crippen LogP contribution in [-0.4, -0.2) is 32.9 Å². The molecule has 6 nitrogen and oxygen atoms in total. The number of thioether (sulfide) groups is 1. The Labute approximate surface area is 133 Å². The molecule has 10 heteroatoms. The van der Waals surface area contributed by atoms with Crippen molar-refractivity contribution in [3.63, 3.8) is 0 Å². The summed E-state index contributed by atoms with van der Waals surface area (Å²) in [7, 11) is 0. The third kappa shape index (κ3) is 4.57. The summed E-state index contributed by atoms with van der Waals surface area (Å²) in [6.45, 7) is -1.27. The van der Waals surface area contributed by atoms with Crippen molar-refractivity contribution in [2.75, 3.05) is 5.32 Å². The first-order valence-electron chi connectivity index (χ1n) is 6.03. The minimum absolute atomic E-state index is 0.0198. The number of carbonyl (C=O) groups is 1. The van der Waals surface area contributed by atoms with E-state index in [1.807, 2.05) is 0 Å². The fraction of sp³-hybridized carbons (Fsp3) is 0.250. The number of nitrogens with zero attached hydrogens (tertiary/aromatic N) is 2. The minimum Gasteiger partial charge on any atom is -0.433 e. The van der Waals surface area contributed by atoms with Crippen molar-refractivity contribution in [1.82, 2.24) is 15.2 Å². The van der Waals surface area contributed by atoms with Crippen LogP contribution in [0.3, 0.4) is 0 Å². The number of amides is 1. The summed E-state index contributed by atoms with van der Waals surface area (Å²) in [5, 5.41) is 9.00. The molecule has 1 aromatic heterocycles. The molecule has 118 valence electrons. The van der Waals surface area contributed by atoms with E-state index in [0.29, 0.717) is 10.8 Å². The first-order valence-corrected chi connectivity index (χ1v) is 7.28. The van der Waals surface area contributed by atoms with Gasteiger partial charge in [-0.1, -0.05) is 23.4 Å². The Hall–Kier alpha value is -1.87. The number of rotatable bonds is 6. The quantitative estimate of drug-likeness (QED) is 0.784. The molecule has 2 N–H and O–H groups in total. The largest absolute Gasteiger partial charge is 0.433 e. The van der Waals surface area contributed by atoms with Gasteiger partial charge in [-0.25, -0.2) is 4.98 Å². The van der Waals surface area contributed by atoms with Gasteiger partial charge in [-0.05, 0) is 25.1 Å². The number of aromatic nitrogens is 3. The summed E-state index contributed by atoms with van der Waals surface area (Å²) < 4.78 is 28.5. The normalized spacial score (nSPS) is 12.2. The van der Waals surface area contributed by atoms with Crippen LogP contribution in [0, 0.1) is 0 Å². The van der Waals surface area contributed by atoms with E-state index in [1.165, 1.54) is 36.3 Å². The Morgan fingerprint density at radius 3 is 2.86 bits per heavy atom. The number of benzene rings is 1. The van der Waals surface area contributed by atoms with Gasteiger partial charge in [-0.3, -0.25) is 9.89 Å². The lowest BCUT2D eigenvalue weighted by atomic mass is 10.3. The molecule has 1 aromatic carbocycles. The van der Waals surface area contributed by atoms with Gasteiger partial charge in [0.05, 0.1) is 10.3 Å². The number of alkyl halides is 2. The van der Waals surface area contributed by atoms with E-state index in [-0.39, 0.29) is 16.7 Å². The maximum atomic E-state index is 12.1.